The first-order chi connectivity index (χ1) is 11.7. The first kappa shape index (κ1) is 19.3. The molecule has 7 nitrogen and oxygen atoms in total. The highest BCUT2D eigenvalue weighted by molar-refractivity contribution is 5.75. The van der Waals surface area contributed by atoms with Crippen LogP contribution in [0.4, 0.5) is 16.6 Å². The van der Waals surface area contributed by atoms with Gasteiger partial charge in [0.05, 0.1) is 0 Å². The minimum atomic E-state index is -0.230. The van der Waals surface area contributed by atoms with Crippen molar-refractivity contribution in [3.05, 3.63) is 12.3 Å². The number of hydrogen-bond acceptors (Lipinski definition) is 5. The molecule has 0 aromatic carbocycles. The highest BCUT2D eigenvalue weighted by atomic mass is 16.2. The van der Waals surface area contributed by atoms with E-state index in [2.05, 4.69) is 32.4 Å². The number of urea groups is 1. The molecule has 1 aliphatic heterocycles. The van der Waals surface area contributed by atoms with Gasteiger partial charge < -0.3 is 20.4 Å². The number of piperidine rings is 1. The lowest BCUT2D eigenvalue weighted by molar-refractivity contribution is 0.221. The molecule has 0 bridgehead atoms. The number of nitrogens with one attached hydrogen (secondary N) is 2. The van der Waals surface area contributed by atoms with Gasteiger partial charge in [-0.2, -0.15) is 4.98 Å². The Hall–Kier alpha value is -2.05. The van der Waals surface area contributed by atoms with E-state index in [9.17, 15) is 4.79 Å². The molecule has 0 unspecified atom stereocenters. The van der Waals surface area contributed by atoms with Crippen molar-refractivity contribution >= 4 is 17.8 Å². The zero-order chi connectivity index (χ0) is 18.6. The molecule has 0 saturated carbocycles. The van der Waals surface area contributed by atoms with Crippen LogP contribution in [0.15, 0.2) is 12.3 Å². The summed E-state index contributed by atoms with van der Waals surface area (Å²) in [5.74, 6) is 2.07. The highest BCUT2D eigenvalue weighted by Gasteiger charge is 2.27. The van der Waals surface area contributed by atoms with Crippen molar-refractivity contribution in [2.45, 2.75) is 52.1 Å². The number of aromatic nitrogens is 2. The summed E-state index contributed by atoms with van der Waals surface area (Å²) in [6.45, 7) is 9.91. The Morgan fingerprint density at radius 2 is 2.12 bits per heavy atom. The Morgan fingerprint density at radius 1 is 1.40 bits per heavy atom. The van der Waals surface area contributed by atoms with Gasteiger partial charge in [-0.05, 0) is 52.5 Å². The molecule has 1 aromatic heterocycles. The smallest absolute Gasteiger partial charge is 0.315 e. The third kappa shape index (κ3) is 5.76. The molecule has 1 aliphatic rings. The maximum atomic E-state index is 12.1. The summed E-state index contributed by atoms with van der Waals surface area (Å²) in [5, 5.41) is 6.05. The molecule has 0 radical (unpaired) electrons. The molecule has 2 atom stereocenters. The molecule has 2 heterocycles. The summed E-state index contributed by atoms with van der Waals surface area (Å²) in [4.78, 5) is 25.2. The van der Waals surface area contributed by atoms with Gasteiger partial charge in [0.2, 0.25) is 5.95 Å². The third-order valence-electron chi connectivity index (χ3n) is 4.36. The molecule has 7 heteroatoms. The summed E-state index contributed by atoms with van der Waals surface area (Å²) >= 11 is 0. The maximum Gasteiger partial charge on any atom is 0.315 e. The number of nitrogens with zero attached hydrogens (tertiary/aromatic N) is 4. The van der Waals surface area contributed by atoms with E-state index in [1.165, 1.54) is 0 Å². The standard InChI is InChI=1S/C18H32N6O/c1-13(20-17(25)22-18(2,3)4)14-8-7-11-24(12-14)15-9-10-19-16(21-15)23(5)6/h9-10,13-14H,7-8,11-12H2,1-6H3,(H2,20,22,25)/t13-,14+/m1/s1. The predicted molar refractivity (Wildman–Crippen MR) is 102 cm³/mol. The monoisotopic (exact) mass is 348 g/mol. The zero-order valence-corrected chi connectivity index (χ0v) is 16.3. The van der Waals surface area contributed by atoms with Gasteiger partial charge >= 0.3 is 6.03 Å². The zero-order valence-electron chi connectivity index (χ0n) is 16.3. The largest absolute Gasteiger partial charge is 0.356 e. The van der Waals surface area contributed by atoms with Gasteiger partial charge in [0, 0.05) is 45.0 Å². The number of rotatable bonds is 4. The van der Waals surface area contributed by atoms with Crippen LogP contribution in [0.25, 0.3) is 0 Å². The summed E-state index contributed by atoms with van der Waals surface area (Å²) in [5.41, 5.74) is -0.230. The van der Waals surface area contributed by atoms with E-state index in [1.54, 1.807) is 6.20 Å². The second kappa shape index (κ2) is 7.89. The van der Waals surface area contributed by atoms with E-state index in [1.807, 2.05) is 45.8 Å². The Morgan fingerprint density at radius 3 is 2.76 bits per heavy atom. The molecule has 1 aromatic rings. The molecular formula is C18H32N6O. The van der Waals surface area contributed by atoms with Crippen LogP contribution in [-0.2, 0) is 0 Å². The molecule has 0 spiro atoms. The van der Waals surface area contributed by atoms with Crippen molar-refractivity contribution in [1.82, 2.24) is 20.6 Å². The molecule has 2 amide bonds. The van der Waals surface area contributed by atoms with Gasteiger partial charge in [-0.1, -0.05) is 0 Å². The van der Waals surface area contributed by atoms with Crippen LogP contribution < -0.4 is 20.4 Å². The van der Waals surface area contributed by atoms with Crippen LogP contribution in [-0.4, -0.2) is 54.8 Å². The fourth-order valence-corrected chi connectivity index (χ4v) is 3.06. The van der Waals surface area contributed by atoms with Gasteiger partial charge in [0.1, 0.15) is 5.82 Å². The van der Waals surface area contributed by atoms with Crippen molar-refractivity contribution in [3.8, 4) is 0 Å². The van der Waals surface area contributed by atoms with Crippen molar-refractivity contribution in [3.63, 3.8) is 0 Å². The number of carbonyl (C=O) groups is 1. The number of anilines is 2. The first-order valence-corrected chi connectivity index (χ1v) is 9.00. The average molecular weight is 348 g/mol. The maximum absolute atomic E-state index is 12.1. The van der Waals surface area contributed by atoms with E-state index in [-0.39, 0.29) is 17.6 Å². The van der Waals surface area contributed by atoms with Crippen molar-refractivity contribution in [2.24, 2.45) is 5.92 Å². The lowest BCUT2D eigenvalue weighted by atomic mass is 9.91. The second-order valence-corrected chi connectivity index (χ2v) is 8.09. The van der Waals surface area contributed by atoms with Gasteiger partial charge in [0.15, 0.2) is 0 Å². The third-order valence-corrected chi connectivity index (χ3v) is 4.36. The molecule has 0 aliphatic carbocycles. The van der Waals surface area contributed by atoms with Crippen LogP contribution in [0, 0.1) is 5.92 Å². The Kier molecular flexibility index (Phi) is 6.08. The quantitative estimate of drug-likeness (QED) is 0.873. The van der Waals surface area contributed by atoms with E-state index in [0.29, 0.717) is 5.92 Å². The minimum absolute atomic E-state index is 0.103. The SMILES string of the molecule is C[C@@H](NC(=O)NC(C)(C)C)[C@H]1CCCN(c2ccnc(N(C)C)n2)C1. The molecule has 140 valence electrons. The van der Waals surface area contributed by atoms with Gasteiger partial charge in [0.25, 0.3) is 0 Å². The van der Waals surface area contributed by atoms with E-state index in [4.69, 9.17) is 0 Å². The molecule has 25 heavy (non-hydrogen) atoms. The summed E-state index contributed by atoms with van der Waals surface area (Å²) in [7, 11) is 3.88. The average Bonchev–Trinajstić information content (AvgIpc) is 2.53. The van der Waals surface area contributed by atoms with Crippen LogP contribution in [0.3, 0.4) is 0 Å². The minimum Gasteiger partial charge on any atom is -0.356 e. The van der Waals surface area contributed by atoms with E-state index >= 15 is 0 Å². The second-order valence-electron chi connectivity index (χ2n) is 8.09. The van der Waals surface area contributed by atoms with Gasteiger partial charge in [-0.15, -0.1) is 0 Å². The molecule has 2 N–H and O–H groups in total. The van der Waals surface area contributed by atoms with Gasteiger partial charge in [-0.25, -0.2) is 9.78 Å². The molecule has 2 rings (SSSR count). The summed E-state index contributed by atoms with van der Waals surface area (Å²) in [6, 6.07) is 1.97. The molecule has 1 saturated heterocycles. The van der Waals surface area contributed by atoms with Crippen LogP contribution in [0.2, 0.25) is 0 Å². The molecular weight excluding hydrogens is 316 g/mol. The Bertz CT molecular complexity index is 583. The van der Waals surface area contributed by atoms with Gasteiger partial charge in [-0.3, -0.25) is 0 Å². The summed E-state index contributed by atoms with van der Waals surface area (Å²) in [6.07, 6.45) is 4.01. The fourth-order valence-electron chi connectivity index (χ4n) is 3.06. The fraction of sp³-hybridized carbons (Fsp3) is 0.722. The van der Waals surface area contributed by atoms with Crippen LogP contribution in [0.1, 0.15) is 40.5 Å². The normalized spacial score (nSPS) is 19.3. The first-order valence-electron chi connectivity index (χ1n) is 9.00. The van der Waals surface area contributed by atoms with Crippen molar-refractivity contribution in [2.75, 3.05) is 37.0 Å². The highest BCUT2D eigenvalue weighted by Crippen LogP contribution is 2.24. The Balaban J connectivity index is 1.98. The van der Waals surface area contributed by atoms with Crippen LogP contribution >= 0.6 is 0 Å². The Labute approximate surface area is 151 Å². The van der Waals surface area contributed by atoms with Crippen LogP contribution in [0.5, 0.6) is 0 Å². The number of amides is 2. The lowest BCUT2D eigenvalue weighted by Crippen LogP contribution is -2.52. The topological polar surface area (TPSA) is 73.4 Å². The molecule has 1 fully saturated rings. The lowest BCUT2D eigenvalue weighted by Gasteiger charge is -2.37. The summed E-state index contributed by atoms with van der Waals surface area (Å²) < 4.78 is 0. The van der Waals surface area contributed by atoms with Crippen molar-refractivity contribution in [1.29, 1.82) is 0 Å². The van der Waals surface area contributed by atoms with E-state index < -0.39 is 0 Å². The number of carbonyl (C=O) groups excluding carboxylic acids is 1. The van der Waals surface area contributed by atoms with E-state index in [0.717, 1.165) is 37.7 Å². The number of hydrogen-bond donors (Lipinski definition) is 2. The van der Waals surface area contributed by atoms with Crippen molar-refractivity contribution < 1.29 is 4.79 Å². The predicted octanol–water partition coefficient (Wildman–Crippen LogP) is 2.25.